The lowest BCUT2D eigenvalue weighted by Gasteiger charge is -2.15. The second-order valence-corrected chi connectivity index (χ2v) is 3.64. The van der Waals surface area contributed by atoms with E-state index in [2.05, 4.69) is 4.74 Å². The highest BCUT2D eigenvalue weighted by molar-refractivity contribution is 5.81. The summed E-state index contributed by atoms with van der Waals surface area (Å²) in [7, 11) is 0. The number of aliphatic hydroxyl groups excluding tert-OH is 1. The first-order chi connectivity index (χ1) is 8.73. The molecular formula is C10H14O9. The molecule has 9 heteroatoms. The van der Waals surface area contributed by atoms with Gasteiger partial charge in [0, 0.05) is 19.3 Å². The highest BCUT2D eigenvalue weighted by atomic mass is 16.6. The van der Waals surface area contributed by atoms with Crippen LogP contribution in [0.5, 0.6) is 0 Å². The minimum absolute atomic E-state index is 0.417. The maximum Gasteiger partial charge on any atom is 0.345 e. The van der Waals surface area contributed by atoms with Crippen LogP contribution in [0.4, 0.5) is 0 Å². The number of hydrogen-bond acceptors (Lipinski definition) is 6. The summed E-state index contributed by atoms with van der Waals surface area (Å²) >= 11 is 0. The molecule has 0 bridgehead atoms. The smallest absolute Gasteiger partial charge is 0.345 e. The zero-order valence-corrected chi connectivity index (χ0v) is 9.81. The van der Waals surface area contributed by atoms with Crippen LogP contribution in [-0.2, 0) is 23.9 Å². The fraction of sp³-hybridized carbons (Fsp3) is 0.600. The molecule has 9 nitrogen and oxygen atoms in total. The summed E-state index contributed by atoms with van der Waals surface area (Å²) in [5.74, 6) is -5.32. The Labute approximate surface area is 107 Å². The van der Waals surface area contributed by atoms with E-state index in [4.69, 9.17) is 15.3 Å². The zero-order valence-electron chi connectivity index (χ0n) is 9.81. The lowest BCUT2D eigenvalue weighted by Crippen LogP contribution is -2.33. The predicted octanol–water partition coefficient (Wildman–Crippen LogP) is -0.927. The van der Waals surface area contributed by atoms with Crippen molar-refractivity contribution in [1.29, 1.82) is 0 Å². The number of carbonyl (C=O) groups excluding carboxylic acids is 1. The lowest BCUT2D eigenvalue weighted by molar-refractivity contribution is -0.171. The molecule has 0 aromatic carbocycles. The van der Waals surface area contributed by atoms with Gasteiger partial charge in [0.2, 0.25) is 0 Å². The average Bonchev–Trinajstić information content (AvgIpc) is 2.30. The topological polar surface area (TPSA) is 158 Å². The first-order valence-corrected chi connectivity index (χ1v) is 5.29. The van der Waals surface area contributed by atoms with Crippen molar-refractivity contribution in [1.82, 2.24) is 0 Å². The monoisotopic (exact) mass is 278 g/mol. The number of carboxylic acid groups (broad SMARTS) is 3. The molecule has 0 aliphatic heterocycles. The van der Waals surface area contributed by atoms with Crippen molar-refractivity contribution in [2.75, 3.05) is 0 Å². The largest absolute Gasteiger partial charge is 0.481 e. The maximum absolute atomic E-state index is 11.2. The van der Waals surface area contributed by atoms with Gasteiger partial charge in [0.15, 0.2) is 12.2 Å². The van der Waals surface area contributed by atoms with E-state index in [1.807, 2.05) is 0 Å². The minimum atomic E-state index is -1.76. The van der Waals surface area contributed by atoms with Gasteiger partial charge in [-0.1, -0.05) is 0 Å². The molecule has 0 aliphatic carbocycles. The third-order valence-corrected chi connectivity index (χ3v) is 2.06. The number of aliphatic carboxylic acids is 3. The number of rotatable bonds is 9. The minimum Gasteiger partial charge on any atom is -0.481 e. The lowest BCUT2D eigenvalue weighted by atomic mass is 10.2. The van der Waals surface area contributed by atoms with Crippen LogP contribution in [-0.4, -0.2) is 56.5 Å². The molecule has 4 N–H and O–H groups in total. The van der Waals surface area contributed by atoms with Crippen LogP contribution in [0.2, 0.25) is 0 Å². The summed E-state index contributed by atoms with van der Waals surface area (Å²) < 4.78 is 4.41. The summed E-state index contributed by atoms with van der Waals surface area (Å²) in [5.41, 5.74) is 0. The molecule has 0 aromatic heterocycles. The van der Waals surface area contributed by atoms with Crippen LogP contribution < -0.4 is 0 Å². The Kier molecular flexibility index (Phi) is 7.12. The molecule has 0 spiro atoms. The first-order valence-electron chi connectivity index (χ1n) is 5.29. The molecule has 0 rings (SSSR count). The fourth-order valence-corrected chi connectivity index (χ4v) is 1.08. The third kappa shape index (κ3) is 7.71. The number of carboxylic acids is 3. The Hall–Kier alpha value is -2.16. The van der Waals surface area contributed by atoms with Crippen molar-refractivity contribution < 1.29 is 44.3 Å². The van der Waals surface area contributed by atoms with Gasteiger partial charge in [-0.05, 0) is 6.42 Å². The van der Waals surface area contributed by atoms with E-state index in [1.165, 1.54) is 0 Å². The Morgan fingerprint density at radius 2 is 1.37 bits per heavy atom. The van der Waals surface area contributed by atoms with Crippen LogP contribution in [0.3, 0.4) is 0 Å². The van der Waals surface area contributed by atoms with Crippen LogP contribution in [0.1, 0.15) is 25.7 Å². The number of aliphatic hydroxyl groups is 1. The Morgan fingerprint density at radius 3 is 1.79 bits per heavy atom. The van der Waals surface area contributed by atoms with Gasteiger partial charge in [0.1, 0.15) is 0 Å². The van der Waals surface area contributed by atoms with Crippen LogP contribution >= 0.6 is 0 Å². The zero-order chi connectivity index (χ0) is 15.0. The Bertz CT molecular complexity index is 362. The predicted molar refractivity (Wildman–Crippen MR) is 57.3 cm³/mol. The van der Waals surface area contributed by atoms with Crippen molar-refractivity contribution in [2.24, 2.45) is 0 Å². The van der Waals surface area contributed by atoms with Crippen molar-refractivity contribution in [3.63, 3.8) is 0 Å². The Morgan fingerprint density at radius 1 is 0.895 bits per heavy atom. The number of esters is 1. The van der Waals surface area contributed by atoms with E-state index < -0.39 is 61.8 Å². The van der Waals surface area contributed by atoms with Gasteiger partial charge in [-0.3, -0.25) is 9.59 Å². The van der Waals surface area contributed by atoms with Gasteiger partial charge in [-0.15, -0.1) is 0 Å². The standard InChI is InChI=1S/C10H14O9/c11-5(1-3-7(12)13)10(18)19-6(9(16)17)2-4-8(14)15/h5-6,11H,1-4H2,(H,12,13)(H,14,15)(H,16,17)/t5-,6+/m0/s1. The fourth-order valence-electron chi connectivity index (χ4n) is 1.08. The van der Waals surface area contributed by atoms with Crippen molar-refractivity contribution in [2.45, 2.75) is 37.9 Å². The molecule has 0 radical (unpaired) electrons. The van der Waals surface area contributed by atoms with E-state index in [0.717, 1.165) is 0 Å². The van der Waals surface area contributed by atoms with Crippen molar-refractivity contribution in [3.8, 4) is 0 Å². The van der Waals surface area contributed by atoms with E-state index in [-0.39, 0.29) is 0 Å². The summed E-state index contributed by atoms with van der Waals surface area (Å²) in [5, 5.41) is 34.6. The second-order valence-electron chi connectivity index (χ2n) is 3.64. The number of ether oxygens (including phenoxy) is 1. The van der Waals surface area contributed by atoms with Gasteiger partial charge in [0.25, 0.3) is 0 Å². The molecule has 0 saturated heterocycles. The Balaban J connectivity index is 4.33. The highest BCUT2D eigenvalue weighted by Crippen LogP contribution is 2.07. The summed E-state index contributed by atoms with van der Waals surface area (Å²) in [6.07, 6.45) is -5.31. The van der Waals surface area contributed by atoms with Gasteiger partial charge in [-0.25, -0.2) is 9.59 Å². The highest BCUT2D eigenvalue weighted by Gasteiger charge is 2.27. The molecule has 0 amide bonds. The molecule has 2 atom stereocenters. The molecule has 0 saturated carbocycles. The number of carbonyl (C=O) groups is 4. The van der Waals surface area contributed by atoms with Gasteiger partial charge in [0.05, 0.1) is 0 Å². The third-order valence-electron chi connectivity index (χ3n) is 2.06. The van der Waals surface area contributed by atoms with Gasteiger partial charge >= 0.3 is 23.9 Å². The molecule has 19 heavy (non-hydrogen) atoms. The molecular weight excluding hydrogens is 264 g/mol. The molecule has 0 fully saturated rings. The summed E-state index contributed by atoms with van der Waals surface area (Å²) in [6.45, 7) is 0. The first kappa shape index (κ1) is 16.8. The average molecular weight is 278 g/mol. The van der Waals surface area contributed by atoms with Gasteiger partial charge < -0.3 is 25.2 Å². The van der Waals surface area contributed by atoms with Crippen LogP contribution in [0.15, 0.2) is 0 Å². The SMILES string of the molecule is O=C(O)CC[C@H](O)C(=O)O[C@H](CCC(=O)O)C(=O)O. The van der Waals surface area contributed by atoms with E-state index >= 15 is 0 Å². The molecule has 0 heterocycles. The van der Waals surface area contributed by atoms with Gasteiger partial charge in [-0.2, -0.15) is 0 Å². The maximum atomic E-state index is 11.2. The summed E-state index contributed by atoms with van der Waals surface area (Å²) in [4.78, 5) is 42.4. The van der Waals surface area contributed by atoms with E-state index in [0.29, 0.717) is 0 Å². The molecule has 0 aromatic rings. The van der Waals surface area contributed by atoms with Crippen LogP contribution in [0, 0.1) is 0 Å². The van der Waals surface area contributed by atoms with E-state index in [9.17, 15) is 24.3 Å². The molecule has 108 valence electrons. The normalized spacial score (nSPS) is 13.3. The van der Waals surface area contributed by atoms with E-state index in [1.54, 1.807) is 0 Å². The van der Waals surface area contributed by atoms with Crippen molar-refractivity contribution in [3.05, 3.63) is 0 Å². The number of hydrogen-bond donors (Lipinski definition) is 4. The molecule has 0 unspecified atom stereocenters. The van der Waals surface area contributed by atoms with Crippen LogP contribution in [0.25, 0.3) is 0 Å². The summed E-state index contributed by atoms with van der Waals surface area (Å²) in [6, 6.07) is 0. The molecule has 0 aliphatic rings. The van der Waals surface area contributed by atoms with Crippen molar-refractivity contribution >= 4 is 23.9 Å². The quantitative estimate of drug-likeness (QED) is 0.391. The second kappa shape index (κ2) is 8.03.